The molecule has 1 heterocycles. The number of hydrogen-bond acceptors (Lipinski definition) is 3. The summed E-state index contributed by atoms with van der Waals surface area (Å²) in [6, 6.07) is 15.0. The third-order valence-corrected chi connectivity index (χ3v) is 4.63. The second kappa shape index (κ2) is 7.74. The van der Waals surface area contributed by atoms with Crippen molar-refractivity contribution in [2.45, 2.75) is 45.9 Å². The summed E-state index contributed by atoms with van der Waals surface area (Å²) in [7, 11) is 0. The summed E-state index contributed by atoms with van der Waals surface area (Å²) in [4.78, 5) is 5.06. The molecule has 0 aliphatic carbocycles. The summed E-state index contributed by atoms with van der Waals surface area (Å²) in [6.45, 7) is 8.15. The minimum absolute atomic E-state index is 0.323. The van der Waals surface area contributed by atoms with Gasteiger partial charge in [-0.3, -0.25) is 4.90 Å². The van der Waals surface area contributed by atoms with Gasteiger partial charge < -0.3 is 5.11 Å². The zero-order valence-electron chi connectivity index (χ0n) is 13.1. The quantitative estimate of drug-likeness (QED) is 0.839. The number of nitrogens with zero attached hydrogens (tertiary/aromatic N) is 1. The molecular formula is C18H25NOS. The molecule has 2 aromatic rings. The fourth-order valence-electron chi connectivity index (χ4n) is 2.45. The molecule has 1 N–H and O–H groups in total. The largest absolute Gasteiger partial charge is 0.391 e. The lowest BCUT2D eigenvalue weighted by Crippen LogP contribution is -2.37. The maximum atomic E-state index is 10.4. The van der Waals surface area contributed by atoms with E-state index in [1.54, 1.807) is 0 Å². The van der Waals surface area contributed by atoms with Gasteiger partial charge in [0.1, 0.15) is 0 Å². The van der Waals surface area contributed by atoms with E-state index in [9.17, 15) is 5.11 Å². The molecule has 0 unspecified atom stereocenters. The predicted molar refractivity (Wildman–Crippen MR) is 90.8 cm³/mol. The Bertz CT molecular complexity index is 535. The van der Waals surface area contributed by atoms with E-state index >= 15 is 0 Å². The number of aryl methyl sites for hydroxylation is 1. The third-order valence-electron chi connectivity index (χ3n) is 3.64. The van der Waals surface area contributed by atoms with Crippen LogP contribution in [0.2, 0.25) is 0 Å². The van der Waals surface area contributed by atoms with Crippen LogP contribution in [-0.4, -0.2) is 28.7 Å². The van der Waals surface area contributed by atoms with Gasteiger partial charge in [-0.25, -0.2) is 0 Å². The van der Waals surface area contributed by atoms with E-state index in [-0.39, 0.29) is 6.10 Å². The van der Waals surface area contributed by atoms with E-state index in [0.717, 1.165) is 6.54 Å². The van der Waals surface area contributed by atoms with Crippen LogP contribution in [0.3, 0.4) is 0 Å². The molecule has 0 bridgehead atoms. The highest BCUT2D eigenvalue weighted by atomic mass is 32.1. The topological polar surface area (TPSA) is 23.5 Å². The Labute approximate surface area is 132 Å². The first kappa shape index (κ1) is 16.2. The fourth-order valence-corrected chi connectivity index (χ4v) is 3.37. The second-order valence-electron chi connectivity index (χ2n) is 5.88. The molecule has 0 saturated carbocycles. The van der Waals surface area contributed by atoms with E-state index in [1.165, 1.54) is 15.3 Å². The van der Waals surface area contributed by atoms with Gasteiger partial charge in [0, 0.05) is 28.9 Å². The van der Waals surface area contributed by atoms with Crippen LogP contribution in [0.4, 0.5) is 0 Å². The van der Waals surface area contributed by atoms with Gasteiger partial charge in [0.2, 0.25) is 0 Å². The lowest BCUT2D eigenvalue weighted by molar-refractivity contribution is 0.0915. The average Bonchev–Trinajstić information content (AvgIpc) is 2.84. The van der Waals surface area contributed by atoms with Crippen LogP contribution in [0, 0.1) is 6.92 Å². The van der Waals surface area contributed by atoms with Gasteiger partial charge in [-0.1, -0.05) is 30.3 Å². The predicted octanol–water partition coefficient (Wildman–Crippen LogP) is 3.87. The normalized spacial score (nSPS) is 13.0. The molecule has 0 amide bonds. The molecule has 21 heavy (non-hydrogen) atoms. The smallest absolute Gasteiger partial charge is 0.0707 e. The van der Waals surface area contributed by atoms with Crippen LogP contribution in [0.1, 0.15) is 29.2 Å². The molecule has 0 fully saturated rings. The molecule has 1 aromatic heterocycles. The van der Waals surface area contributed by atoms with Crippen molar-refractivity contribution in [1.82, 2.24) is 4.90 Å². The van der Waals surface area contributed by atoms with Crippen LogP contribution in [-0.2, 0) is 13.0 Å². The summed E-state index contributed by atoms with van der Waals surface area (Å²) >= 11 is 1.84. The fraction of sp³-hybridized carbons (Fsp3) is 0.444. The second-order valence-corrected chi connectivity index (χ2v) is 7.25. The summed E-state index contributed by atoms with van der Waals surface area (Å²) < 4.78 is 0. The summed E-state index contributed by atoms with van der Waals surface area (Å²) in [6.07, 6.45) is 0.393. The number of hydrogen-bond donors (Lipinski definition) is 1. The van der Waals surface area contributed by atoms with Crippen LogP contribution >= 0.6 is 11.3 Å². The van der Waals surface area contributed by atoms with Gasteiger partial charge in [-0.2, -0.15) is 0 Å². The minimum Gasteiger partial charge on any atom is -0.391 e. The Kier molecular flexibility index (Phi) is 5.97. The van der Waals surface area contributed by atoms with Gasteiger partial charge in [-0.05, 0) is 44.9 Å². The summed E-state index contributed by atoms with van der Waals surface area (Å²) in [5, 5.41) is 10.4. The Morgan fingerprint density at radius 2 is 1.81 bits per heavy atom. The first-order valence-electron chi connectivity index (χ1n) is 7.56. The van der Waals surface area contributed by atoms with Gasteiger partial charge in [0.25, 0.3) is 0 Å². The zero-order chi connectivity index (χ0) is 15.2. The van der Waals surface area contributed by atoms with Crippen LogP contribution in [0.15, 0.2) is 42.5 Å². The number of aliphatic hydroxyl groups excluding tert-OH is 1. The Hall–Kier alpha value is -1.16. The molecule has 1 aromatic carbocycles. The molecule has 114 valence electrons. The van der Waals surface area contributed by atoms with E-state index in [0.29, 0.717) is 19.0 Å². The van der Waals surface area contributed by atoms with Crippen molar-refractivity contribution in [1.29, 1.82) is 0 Å². The first-order valence-corrected chi connectivity index (χ1v) is 8.37. The molecule has 1 atom stereocenters. The van der Waals surface area contributed by atoms with Crippen molar-refractivity contribution < 1.29 is 5.11 Å². The van der Waals surface area contributed by atoms with E-state index in [4.69, 9.17) is 0 Å². The van der Waals surface area contributed by atoms with Gasteiger partial charge in [-0.15, -0.1) is 11.3 Å². The first-order chi connectivity index (χ1) is 10.0. The van der Waals surface area contributed by atoms with E-state index in [2.05, 4.69) is 49.9 Å². The number of aliphatic hydroxyl groups is 1. The highest BCUT2D eigenvalue weighted by molar-refractivity contribution is 7.11. The van der Waals surface area contributed by atoms with Crippen molar-refractivity contribution in [3.05, 3.63) is 57.8 Å². The SMILES string of the molecule is Cc1ccc(CN(C[C@H](O)Cc2ccccc2)C(C)C)s1. The molecule has 3 heteroatoms. The maximum absolute atomic E-state index is 10.4. The van der Waals surface area contributed by atoms with E-state index in [1.807, 2.05) is 29.5 Å². The van der Waals surface area contributed by atoms with Crippen molar-refractivity contribution in [2.75, 3.05) is 6.54 Å². The maximum Gasteiger partial charge on any atom is 0.0707 e. The van der Waals surface area contributed by atoms with Crippen molar-refractivity contribution in [3.63, 3.8) is 0 Å². The molecule has 2 nitrogen and oxygen atoms in total. The standard InChI is InChI=1S/C18H25NOS/c1-14(2)19(13-18-10-9-15(3)21-18)12-17(20)11-16-7-5-4-6-8-16/h4-10,14,17,20H,11-13H2,1-3H3/t17-/m1/s1. The Morgan fingerprint density at radius 3 is 2.38 bits per heavy atom. The van der Waals surface area contributed by atoms with Crippen LogP contribution in [0.5, 0.6) is 0 Å². The average molecular weight is 303 g/mol. The molecule has 0 aliphatic rings. The molecule has 0 spiro atoms. The Balaban J connectivity index is 1.93. The van der Waals surface area contributed by atoms with Crippen LogP contribution < -0.4 is 0 Å². The molecule has 0 radical (unpaired) electrons. The van der Waals surface area contributed by atoms with Crippen molar-refractivity contribution >= 4 is 11.3 Å². The third kappa shape index (κ3) is 5.27. The highest BCUT2D eigenvalue weighted by Gasteiger charge is 2.16. The Morgan fingerprint density at radius 1 is 1.10 bits per heavy atom. The molecule has 0 saturated heterocycles. The summed E-state index contributed by atoms with van der Waals surface area (Å²) in [5.41, 5.74) is 1.20. The summed E-state index contributed by atoms with van der Waals surface area (Å²) in [5.74, 6) is 0. The van der Waals surface area contributed by atoms with Gasteiger partial charge in [0.15, 0.2) is 0 Å². The molecular weight excluding hydrogens is 278 g/mol. The molecule has 0 aliphatic heterocycles. The number of thiophene rings is 1. The molecule has 2 rings (SSSR count). The van der Waals surface area contributed by atoms with Crippen LogP contribution in [0.25, 0.3) is 0 Å². The zero-order valence-corrected chi connectivity index (χ0v) is 13.9. The minimum atomic E-state index is -0.323. The van der Waals surface area contributed by atoms with Crippen molar-refractivity contribution in [2.24, 2.45) is 0 Å². The number of benzene rings is 1. The monoisotopic (exact) mass is 303 g/mol. The van der Waals surface area contributed by atoms with Crippen molar-refractivity contribution in [3.8, 4) is 0 Å². The lowest BCUT2D eigenvalue weighted by atomic mass is 10.1. The number of rotatable bonds is 7. The van der Waals surface area contributed by atoms with E-state index < -0.39 is 0 Å². The van der Waals surface area contributed by atoms with Gasteiger partial charge in [0.05, 0.1) is 6.10 Å². The van der Waals surface area contributed by atoms with Gasteiger partial charge >= 0.3 is 0 Å². The lowest BCUT2D eigenvalue weighted by Gasteiger charge is -2.28. The highest BCUT2D eigenvalue weighted by Crippen LogP contribution is 2.19.